The molecule has 3 rings (SSSR count). The Balaban J connectivity index is 0.00000320. The zero-order valence-corrected chi connectivity index (χ0v) is 21.6. The maximum Gasteiger partial charge on any atom is 0.243 e. The van der Waals surface area contributed by atoms with Crippen LogP contribution in [-0.4, -0.2) is 55.8 Å². The molecule has 1 aliphatic heterocycles. The second-order valence-corrected chi connectivity index (χ2v) is 10.2. The molecular weight excluding hydrogens is 533 g/mol. The van der Waals surface area contributed by atoms with Crippen molar-refractivity contribution < 1.29 is 8.42 Å². The van der Waals surface area contributed by atoms with Crippen molar-refractivity contribution in [3.05, 3.63) is 45.9 Å². The van der Waals surface area contributed by atoms with Crippen LogP contribution in [0.15, 0.2) is 39.5 Å². The maximum atomic E-state index is 12.9. The van der Waals surface area contributed by atoms with Gasteiger partial charge in [-0.1, -0.05) is 18.6 Å². The van der Waals surface area contributed by atoms with Crippen molar-refractivity contribution in [2.45, 2.75) is 44.2 Å². The van der Waals surface area contributed by atoms with Gasteiger partial charge in [0, 0.05) is 39.1 Å². The third-order valence-electron chi connectivity index (χ3n) is 4.94. The van der Waals surface area contributed by atoms with E-state index in [1.54, 1.807) is 40.9 Å². The Labute approximate surface area is 200 Å². The van der Waals surface area contributed by atoms with Gasteiger partial charge >= 0.3 is 0 Å². The summed E-state index contributed by atoms with van der Waals surface area (Å²) >= 11 is 1.63. The van der Waals surface area contributed by atoms with E-state index in [1.165, 1.54) is 0 Å². The number of rotatable bonds is 6. The van der Waals surface area contributed by atoms with Crippen LogP contribution in [0.25, 0.3) is 0 Å². The molecular formula is C20H30IN5O2S2. The minimum atomic E-state index is -3.43. The van der Waals surface area contributed by atoms with Gasteiger partial charge in [0.05, 0.1) is 22.1 Å². The van der Waals surface area contributed by atoms with Crippen molar-refractivity contribution in [1.82, 2.24) is 19.5 Å². The van der Waals surface area contributed by atoms with E-state index in [2.05, 4.69) is 15.3 Å². The van der Waals surface area contributed by atoms with Gasteiger partial charge in [0.15, 0.2) is 5.96 Å². The average molecular weight is 564 g/mol. The van der Waals surface area contributed by atoms with E-state index in [9.17, 15) is 8.42 Å². The van der Waals surface area contributed by atoms with Crippen molar-refractivity contribution in [2.75, 3.05) is 27.2 Å². The van der Waals surface area contributed by atoms with E-state index in [1.807, 2.05) is 30.3 Å². The lowest BCUT2D eigenvalue weighted by atomic mass is 10.2. The molecule has 0 radical (unpaired) electrons. The van der Waals surface area contributed by atoms with Crippen LogP contribution in [0.3, 0.4) is 0 Å². The molecule has 0 atom stereocenters. The second-order valence-electron chi connectivity index (χ2n) is 7.23. The highest BCUT2D eigenvalue weighted by Crippen LogP contribution is 2.21. The molecule has 1 aliphatic rings. The summed E-state index contributed by atoms with van der Waals surface area (Å²) in [6, 6.07) is 7.17. The van der Waals surface area contributed by atoms with Crippen LogP contribution in [0.4, 0.5) is 0 Å². The van der Waals surface area contributed by atoms with Gasteiger partial charge in [0.2, 0.25) is 10.0 Å². The molecule has 0 aliphatic carbocycles. The molecule has 0 amide bonds. The number of guanidine groups is 1. The number of halogens is 1. The Morgan fingerprint density at radius 3 is 2.67 bits per heavy atom. The fraction of sp³-hybridized carbons (Fsp3) is 0.500. The van der Waals surface area contributed by atoms with E-state index in [0.29, 0.717) is 31.1 Å². The summed E-state index contributed by atoms with van der Waals surface area (Å²) in [7, 11) is 0.272. The van der Waals surface area contributed by atoms with Crippen LogP contribution in [0.5, 0.6) is 0 Å². The molecule has 1 saturated heterocycles. The lowest BCUT2D eigenvalue weighted by molar-refractivity contribution is 0.346. The van der Waals surface area contributed by atoms with Crippen molar-refractivity contribution >= 4 is 51.3 Å². The monoisotopic (exact) mass is 563 g/mol. The maximum absolute atomic E-state index is 12.9. The van der Waals surface area contributed by atoms with Gasteiger partial charge in [-0.05, 0) is 37.5 Å². The van der Waals surface area contributed by atoms with Gasteiger partial charge in [-0.3, -0.25) is 4.99 Å². The fourth-order valence-electron chi connectivity index (χ4n) is 3.43. The van der Waals surface area contributed by atoms with Gasteiger partial charge in [-0.15, -0.1) is 35.3 Å². The first-order valence-electron chi connectivity index (χ1n) is 9.82. The molecule has 10 heteroatoms. The Kier molecular flexibility index (Phi) is 9.51. The van der Waals surface area contributed by atoms with Gasteiger partial charge in [-0.25, -0.2) is 13.4 Å². The number of hydrogen-bond donors (Lipinski definition) is 1. The number of sulfonamides is 1. The second kappa shape index (κ2) is 11.4. The van der Waals surface area contributed by atoms with E-state index >= 15 is 0 Å². The first-order chi connectivity index (χ1) is 13.9. The SMILES string of the molecule is CN=C(NCc1cccc(S(=O)(=O)N2CCCCC2)c1)N(C)Cc1csc(C)n1.I. The quantitative estimate of drug-likeness (QED) is 0.331. The molecule has 0 bridgehead atoms. The van der Waals surface area contributed by atoms with E-state index in [4.69, 9.17) is 0 Å². The standard InChI is InChI=1S/C20H29N5O2S2.HI/c1-16-23-18(15-28-16)14-24(3)20(21-2)22-13-17-8-7-9-19(12-17)29(26,27)25-10-5-4-6-11-25;/h7-9,12,15H,4-6,10-11,13-14H2,1-3H3,(H,21,22);1H. The Morgan fingerprint density at radius 1 is 1.30 bits per heavy atom. The van der Waals surface area contributed by atoms with Gasteiger partial charge in [-0.2, -0.15) is 4.31 Å². The summed E-state index contributed by atoms with van der Waals surface area (Å²) in [6.45, 7) is 4.37. The van der Waals surface area contributed by atoms with Crippen LogP contribution >= 0.6 is 35.3 Å². The summed E-state index contributed by atoms with van der Waals surface area (Å²) in [5, 5.41) is 6.41. The van der Waals surface area contributed by atoms with E-state index in [0.717, 1.165) is 41.5 Å². The lowest BCUT2D eigenvalue weighted by Gasteiger charge is -2.26. The summed E-state index contributed by atoms with van der Waals surface area (Å²) in [4.78, 5) is 11.2. The molecule has 166 valence electrons. The number of thiazole rings is 1. The average Bonchev–Trinajstić information content (AvgIpc) is 3.14. The van der Waals surface area contributed by atoms with Crippen molar-refractivity contribution in [2.24, 2.45) is 4.99 Å². The summed E-state index contributed by atoms with van der Waals surface area (Å²) < 4.78 is 27.4. The van der Waals surface area contributed by atoms with Gasteiger partial charge in [0.1, 0.15) is 0 Å². The van der Waals surface area contributed by atoms with Gasteiger partial charge in [0.25, 0.3) is 0 Å². The minimum absolute atomic E-state index is 0. The zero-order valence-electron chi connectivity index (χ0n) is 17.7. The topological polar surface area (TPSA) is 77.9 Å². The van der Waals surface area contributed by atoms with E-state index < -0.39 is 10.0 Å². The molecule has 1 fully saturated rings. The van der Waals surface area contributed by atoms with Crippen molar-refractivity contribution in [3.63, 3.8) is 0 Å². The normalized spacial score (nSPS) is 15.5. The molecule has 0 unspecified atom stereocenters. The van der Waals surface area contributed by atoms with Crippen molar-refractivity contribution in [1.29, 1.82) is 0 Å². The zero-order chi connectivity index (χ0) is 20.9. The van der Waals surface area contributed by atoms with Crippen LogP contribution in [0.1, 0.15) is 35.5 Å². The number of aromatic nitrogens is 1. The van der Waals surface area contributed by atoms with Gasteiger partial charge < -0.3 is 10.2 Å². The predicted octanol–water partition coefficient (Wildman–Crippen LogP) is 3.45. The lowest BCUT2D eigenvalue weighted by Crippen LogP contribution is -2.38. The molecule has 7 nitrogen and oxygen atoms in total. The Bertz CT molecular complexity index is 956. The third kappa shape index (κ3) is 6.38. The largest absolute Gasteiger partial charge is 0.352 e. The number of aliphatic imine (C=N–C) groups is 1. The highest BCUT2D eigenvalue weighted by Gasteiger charge is 2.25. The highest BCUT2D eigenvalue weighted by molar-refractivity contribution is 14.0. The number of benzene rings is 1. The first kappa shape index (κ1) is 25.0. The third-order valence-corrected chi connectivity index (χ3v) is 7.66. The molecule has 1 aromatic carbocycles. The number of hydrogen-bond acceptors (Lipinski definition) is 5. The molecule has 2 heterocycles. The number of aryl methyl sites for hydroxylation is 1. The van der Waals surface area contributed by atoms with Crippen LogP contribution in [0, 0.1) is 6.92 Å². The summed E-state index contributed by atoms with van der Waals surface area (Å²) in [5.74, 6) is 0.736. The number of nitrogens with one attached hydrogen (secondary N) is 1. The van der Waals surface area contributed by atoms with Crippen LogP contribution in [-0.2, 0) is 23.1 Å². The van der Waals surface area contributed by atoms with Crippen LogP contribution < -0.4 is 5.32 Å². The Hall–Kier alpha value is -1.24. The molecule has 2 aromatic rings. The smallest absolute Gasteiger partial charge is 0.243 e. The first-order valence-corrected chi connectivity index (χ1v) is 12.1. The van der Waals surface area contributed by atoms with Crippen LogP contribution in [0.2, 0.25) is 0 Å². The minimum Gasteiger partial charge on any atom is -0.352 e. The highest BCUT2D eigenvalue weighted by atomic mass is 127. The fourth-order valence-corrected chi connectivity index (χ4v) is 5.63. The molecule has 0 spiro atoms. The van der Waals surface area contributed by atoms with Crippen molar-refractivity contribution in [3.8, 4) is 0 Å². The predicted molar refractivity (Wildman–Crippen MR) is 133 cm³/mol. The molecule has 30 heavy (non-hydrogen) atoms. The Morgan fingerprint density at radius 2 is 2.03 bits per heavy atom. The molecule has 1 N–H and O–H groups in total. The number of nitrogens with zero attached hydrogens (tertiary/aromatic N) is 4. The van der Waals surface area contributed by atoms with E-state index in [-0.39, 0.29) is 24.0 Å². The summed E-state index contributed by atoms with van der Waals surface area (Å²) in [5.41, 5.74) is 1.91. The molecule has 0 saturated carbocycles. The summed E-state index contributed by atoms with van der Waals surface area (Å²) in [6.07, 6.45) is 2.96. The number of piperidine rings is 1. The molecule has 1 aromatic heterocycles.